The van der Waals surface area contributed by atoms with Crippen LogP contribution >= 0.6 is 0 Å². The van der Waals surface area contributed by atoms with Crippen LogP contribution in [0.4, 0.5) is 0 Å². The van der Waals surface area contributed by atoms with Crippen LogP contribution < -0.4 is 15.8 Å². The molecule has 22 heavy (non-hydrogen) atoms. The van der Waals surface area contributed by atoms with Crippen molar-refractivity contribution in [3.63, 3.8) is 0 Å². The normalized spacial score (nSPS) is 12.5. The number of nitrogens with one attached hydrogen (secondary N) is 1. The van der Waals surface area contributed by atoms with Crippen molar-refractivity contribution in [2.45, 2.75) is 53.0 Å². The monoisotopic (exact) mass is 306 g/mol. The van der Waals surface area contributed by atoms with Gasteiger partial charge in [-0.3, -0.25) is 4.79 Å². The van der Waals surface area contributed by atoms with E-state index in [4.69, 9.17) is 10.5 Å². The van der Waals surface area contributed by atoms with Crippen molar-refractivity contribution in [1.29, 1.82) is 0 Å². The molecular formula is C18H30N2O2. The van der Waals surface area contributed by atoms with E-state index in [1.165, 1.54) is 0 Å². The Hall–Kier alpha value is -1.55. The van der Waals surface area contributed by atoms with Crippen molar-refractivity contribution in [3.05, 3.63) is 29.3 Å². The third-order valence-corrected chi connectivity index (χ3v) is 3.56. The summed E-state index contributed by atoms with van der Waals surface area (Å²) in [5, 5.41) is 2.94. The topological polar surface area (TPSA) is 64.3 Å². The van der Waals surface area contributed by atoms with Gasteiger partial charge in [0.15, 0.2) is 6.61 Å². The Balaban J connectivity index is 2.62. The molecule has 1 aromatic rings. The molecule has 1 amide bonds. The van der Waals surface area contributed by atoms with Crippen molar-refractivity contribution < 1.29 is 9.53 Å². The summed E-state index contributed by atoms with van der Waals surface area (Å²) < 4.78 is 5.74. The molecule has 0 aliphatic heterocycles. The number of benzene rings is 1. The maximum Gasteiger partial charge on any atom is 0.258 e. The van der Waals surface area contributed by atoms with Crippen LogP contribution in [-0.4, -0.2) is 25.1 Å². The Bertz CT molecular complexity index is 484. The van der Waals surface area contributed by atoms with E-state index in [1.54, 1.807) is 0 Å². The van der Waals surface area contributed by atoms with Crippen LogP contribution in [0.1, 0.15) is 51.2 Å². The standard InChI is InChI=1S/C18H30N2O2/c1-12(2)8-15(10-19)20-18(21)11-22-17-9-14(5)6-7-16(17)13(3)4/h6-7,9,12-13,15H,8,10-11,19H2,1-5H3,(H,20,21). The molecule has 0 fully saturated rings. The van der Waals surface area contributed by atoms with Gasteiger partial charge in [0.25, 0.3) is 5.91 Å². The van der Waals surface area contributed by atoms with E-state index < -0.39 is 0 Å². The summed E-state index contributed by atoms with van der Waals surface area (Å²) >= 11 is 0. The smallest absolute Gasteiger partial charge is 0.258 e. The van der Waals surface area contributed by atoms with Crippen LogP contribution in [0.2, 0.25) is 0 Å². The molecule has 4 nitrogen and oxygen atoms in total. The molecule has 0 aromatic heterocycles. The van der Waals surface area contributed by atoms with Gasteiger partial charge in [0.05, 0.1) is 0 Å². The number of hydrogen-bond acceptors (Lipinski definition) is 3. The van der Waals surface area contributed by atoms with Crippen molar-refractivity contribution in [3.8, 4) is 5.75 Å². The van der Waals surface area contributed by atoms with Crippen LogP contribution in [-0.2, 0) is 4.79 Å². The fourth-order valence-electron chi connectivity index (χ4n) is 2.44. The number of hydrogen-bond donors (Lipinski definition) is 2. The Morgan fingerprint density at radius 1 is 1.27 bits per heavy atom. The summed E-state index contributed by atoms with van der Waals surface area (Å²) in [6.07, 6.45) is 0.879. The third-order valence-electron chi connectivity index (χ3n) is 3.56. The van der Waals surface area contributed by atoms with Crippen LogP contribution in [0.25, 0.3) is 0 Å². The molecule has 0 saturated carbocycles. The van der Waals surface area contributed by atoms with Gasteiger partial charge in [0, 0.05) is 12.6 Å². The van der Waals surface area contributed by atoms with E-state index in [1.807, 2.05) is 13.0 Å². The summed E-state index contributed by atoms with van der Waals surface area (Å²) in [7, 11) is 0. The van der Waals surface area contributed by atoms with E-state index in [9.17, 15) is 4.79 Å². The first kappa shape index (κ1) is 18.5. The van der Waals surface area contributed by atoms with E-state index in [0.29, 0.717) is 18.4 Å². The molecule has 0 aliphatic rings. The van der Waals surface area contributed by atoms with Gasteiger partial charge in [-0.1, -0.05) is 39.8 Å². The SMILES string of the molecule is Cc1ccc(C(C)C)c(OCC(=O)NC(CN)CC(C)C)c1. The molecule has 0 spiro atoms. The molecular weight excluding hydrogens is 276 g/mol. The summed E-state index contributed by atoms with van der Waals surface area (Å²) in [5.41, 5.74) is 7.95. The summed E-state index contributed by atoms with van der Waals surface area (Å²) in [6, 6.07) is 6.12. The Kier molecular flexibility index (Phi) is 7.39. The lowest BCUT2D eigenvalue weighted by molar-refractivity contribution is -0.123. The predicted molar refractivity (Wildman–Crippen MR) is 91.2 cm³/mol. The summed E-state index contributed by atoms with van der Waals surface area (Å²) in [6.45, 7) is 11.0. The Labute approximate surface area is 134 Å². The molecule has 1 aromatic carbocycles. The lowest BCUT2D eigenvalue weighted by Gasteiger charge is -2.19. The highest BCUT2D eigenvalue weighted by Gasteiger charge is 2.14. The maximum absolute atomic E-state index is 12.0. The molecule has 4 heteroatoms. The number of amides is 1. The molecule has 0 radical (unpaired) electrons. The van der Waals surface area contributed by atoms with E-state index in [2.05, 4.69) is 45.1 Å². The average molecular weight is 306 g/mol. The van der Waals surface area contributed by atoms with Crippen molar-refractivity contribution in [1.82, 2.24) is 5.32 Å². The summed E-state index contributed by atoms with van der Waals surface area (Å²) in [4.78, 5) is 12.0. The van der Waals surface area contributed by atoms with Crippen LogP contribution in [0.5, 0.6) is 5.75 Å². The zero-order valence-electron chi connectivity index (χ0n) is 14.5. The van der Waals surface area contributed by atoms with Gasteiger partial charge in [-0.25, -0.2) is 0 Å². The third kappa shape index (κ3) is 6.06. The van der Waals surface area contributed by atoms with Gasteiger partial charge in [-0.15, -0.1) is 0 Å². The highest BCUT2D eigenvalue weighted by molar-refractivity contribution is 5.77. The second-order valence-corrected chi connectivity index (χ2v) is 6.61. The minimum atomic E-state index is -0.118. The highest BCUT2D eigenvalue weighted by Crippen LogP contribution is 2.27. The lowest BCUT2D eigenvalue weighted by Crippen LogP contribution is -2.43. The Morgan fingerprint density at radius 2 is 1.95 bits per heavy atom. The molecule has 0 aliphatic carbocycles. The molecule has 1 rings (SSSR count). The molecule has 0 saturated heterocycles. The number of carbonyl (C=O) groups excluding carboxylic acids is 1. The van der Waals surface area contributed by atoms with E-state index >= 15 is 0 Å². The van der Waals surface area contributed by atoms with Crippen molar-refractivity contribution in [2.75, 3.05) is 13.2 Å². The van der Waals surface area contributed by atoms with Gasteiger partial charge >= 0.3 is 0 Å². The molecule has 0 heterocycles. The van der Waals surface area contributed by atoms with Gasteiger partial charge in [-0.05, 0) is 42.4 Å². The Morgan fingerprint density at radius 3 is 2.50 bits per heavy atom. The molecule has 1 unspecified atom stereocenters. The first-order valence-electron chi connectivity index (χ1n) is 8.06. The second kappa shape index (κ2) is 8.79. The molecule has 0 bridgehead atoms. The zero-order chi connectivity index (χ0) is 16.7. The van der Waals surface area contributed by atoms with E-state index in [0.717, 1.165) is 23.3 Å². The maximum atomic E-state index is 12.0. The van der Waals surface area contributed by atoms with Crippen LogP contribution in [0, 0.1) is 12.8 Å². The molecule has 124 valence electrons. The average Bonchev–Trinajstić information content (AvgIpc) is 2.43. The number of aryl methyl sites for hydroxylation is 1. The number of nitrogens with two attached hydrogens (primary N) is 1. The fourth-order valence-corrected chi connectivity index (χ4v) is 2.44. The highest BCUT2D eigenvalue weighted by atomic mass is 16.5. The van der Waals surface area contributed by atoms with E-state index in [-0.39, 0.29) is 18.6 Å². The minimum Gasteiger partial charge on any atom is -0.483 e. The van der Waals surface area contributed by atoms with Gasteiger partial charge in [0.1, 0.15) is 5.75 Å². The van der Waals surface area contributed by atoms with Gasteiger partial charge < -0.3 is 15.8 Å². The van der Waals surface area contributed by atoms with Crippen molar-refractivity contribution >= 4 is 5.91 Å². The zero-order valence-corrected chi connectivity index (χ0v) is 14.5. The quantitative estimate of drug-likeness (QED) is 0.776. The number of ether oxygens (including phenoxy) is 1. The second-order valence-electron chi connectivity index (χ2n) is 6.61. The molecule has 3 N–H and O–H groups in total. The van der Waals surface area contributed by atoms with Crippen LogP contribution in [0.15, 0.2) is 18.2 Å². The van der Waals surface area contributed by atoms with Gasteiger partial charge in [-0.2, -0.15) is 0 Å². The van der Waals surface area contributed by atoms with Gasteiger partial charge in [0.2, 0.25) is 0 Å². The number of rotatable bonds is 8. The fraction of sp³-hybridized carbons (Fsp3) is 0.611. The first-order chi connectivity index (χ1) is 10.3. The lowest BCUT2D eigenvalue weighted by atomic mass is 10.0. The number of carbonyl (C=O) groups is 1. The first-order valence-corrected chi connectivity index (χ1v) is 8.06. The molecule has 1 atom stereocenters. The van der Waals surface area contributed by atoms with Crippen molar-refractivity contribution in [2.24, 2.45) is 11.7 Å². The summed E-state index contributed by atoms with van der Waals surface area (Å²) in [5.74, 6) is 1.53. The minimum absolute atomic E-state index is 0.0122. The predicted octanol–water partition coefficient (Wildman–Crippen LogP) is 2.99. The largest absolute Gasteiger partial charge is 0.483 e. The van der Waals surface area contributed by atoms with Crippen LogP contribution in [0.3, 0.4) is 0 Å².